The lowest BCUT2D eigenvalue weighted by Crippen LogP contribution is -1.68. The quantitative estimate of drug-likeness (QED) is 0.499. The van der Waals surface area contributed by atoms with E-state index in [4.69, 9.17) is 0 Å². The van der Waals surface area contributed by atoms with Crippen molar-refractivity contribution in [2.75, 3.05) is 0 Å². The summed E-state index contributed by atoms with van der Waals surface area (Å²) in [4.78, 5) is 0. The summed E-state index contributed by atoms with van der Waals surface area (Å²) in [7, 11) is 0. The van der Waals surface area contributed by atoms with Crippen molar-refractivity contribution in [2.24, 2.45) is 0 Å². The monoisotopic (exact) mass is 256 g/mol. The van der Waals surface area contributed by atoms with Crippen molar-refractivity contribution in [3.63, 3.8) is 0 Å². The zero-order valence-electron chi connectivity index (χ0n) is 10.9. The van der Waals surface area contributed by atoms with Crippen LogP contribution in [0.1, 0.15) is 6.92 Å². The van der Waals surface area contributed by atoms with Crippen molar-refractivity contribution in [1.82, 2.24) is 0 Å². The molecule has 0 rings (SSSR count). The summed E-state index contributed by atoms with van der Waals surface area (Å²) in [6.07, 6.45) is 17.3. The molecule has 0 aromatic heterocycles. The smallest absolute Gasteiger partial charge is 0.0242 e. The fraction of sp³-hybridized carbons (Fsp3) is 0.0588. The van der Waals surface area contributed by atoms with Gasteiger partial charge < -0.3 is 0 Å². The molecule has 0 aromatic rings. The Hall–Kier alpha value is -1.73. The molecule has 0 aliphatic carbocycles. The number of rotatable bonds is 8. The Morgan fingerprint density at radius 2 is 1.56 bits per heavy atom. The minimum absolute atomic E-state index is 1.05. The van der Waals surface area contributed by atoms with Gasteiger partial charge in [0.2, 0.25) is 0 Å². The molecule has 18 heavy (non-hydrogen) atoms. The van der Waals surface area contributed by atoms with Gasteiger partial charge in [-0.25, -0.2) is 0 Å². The van der Waals surface area contributed by atoms with E-state index in [2.05, 4.69) is 25.8 Å². The fourth-order valence-electron chi connectivity index (χ4n) is 1.04. The van der Waals surface area contributed by atoms with E-state index < -0.39 is 0 Å². The summed E-state index contributed by atoms with van der Waals surface area (Å²) >= 11 is 1.62. The highest BCUT2D eigenvalue weighted by Gasteiger charge is 1.83. The lowest BCUT2D eigenvalue weighted by Gasteiger charge is -1.91. The Morgan fingerprint density at radius 1 is 0.889 bits per heavy atom. The van der Waals surface area contributed by atoms with Crippen LogP contribution >= 0.6 is 11.8 Å². The molecule has 0 aliphatic rings. The summed E-state index contributed by atoms with van der Waals surface area (Å²) in [5.74, 6) is 0. The summed E-state index contributed by atoms with van der Waals surface area (Å²) in [5.41, 5.74) is 2.20. The topological polar surface area (TPSA) is 0 Å². The van der Waals surface area contributed by atoms with Gasteiger partial charge >= 0.3 is 0 Å². The molecule has 94 valence electrons. The first-order valence-electron chi connectivity index (χ1n) is 5.67. The lowest BCUT2D eigenvalue weighted by molar-refractivity contribution is 1.61. The number of thioether (sulfide) groups is 1. The highest BCUT2D eigenvalue weighted by molar-refractivity contribution is 8.04. The van der Waals surface area contributed by atoms with Gasteiger partial charge in [-0.3, -0.25) is 0 Å². The van der Waals surface area contributed by atoms with E-state index >= 15 is 0 Å². The second kappa shape index (κ2) is 11.7. The first-order valence-corrected chi connectivity index (χ1v) is 6.62. The van der Waals surface area contributed by atoms with Gasteiger partial charge in [0.15, 0.2) is 0 Å². The van der Waals surface area contributed by atoms with Crippen molar-refractivity contribution in [2.45, 2.75) is 6.92 Å². The Kier molecular flexibility index (Phi) is 10.6. The van der Waals surface area contributed by atoms with Crippen molar-refractivity contribution >= 4 is 11.8 Å². The maximum absolute atomic E-state index is 3.73. The molecule has 0 amide bonds. The van der Waals surface area contributed by atoms with E-state index in [0.29, 0.717) is 0 Å². The summed E-state index contributed by atoms with van der Waals surface area (Å²) in [5, 5.41) is 4.05. The van der Waals surface area contributed by atoms with Crippen LogP contribution in [0.25, 0.3) is 0 Å². The minimum Gasteiger partial charge on any atom is -0.106 e. The van der Waals surface area contributed by atoms with Crippen LogP contribution in [0.5, 0.6) is 0 Å². The average Bonchev–Trinajstić information content (AvgIpc) is 2.40. The normalized spacial score (nSPS) is 13.6. The molecule has 0 N–H and O–H groups in total. The van der Waals surface area contributed by atoms with Crippen molar-refractivity contribution in [3.05, 3.63) is 96.4 Å². The first-order chi connectivity index (χ1) is 8.78. The van der Waals surface area contributed by atoms with Crippen LogP contribution in [0.15, 0.2) is 96.4 Å². The first kappa shape index (κ1) is 16.3. The predicted molar refractivity (Wildman–Crippen MR) is 87.4 cm³/mol. The molecule has 0 radical (unpaired) electrons. The molecular formula is C17H20S. The van der Waals surface area contributed by atoms with E-state index in [0.717, 1.165) is 11.1 Å². The van der Waals surface area contributed by atoms with Crippen LogP contribution in [0.2, 0.25) is 0 Å². The van der Waals surface area contributed by atoms with Crippen molar-refractivity contribution < 1.29 is 0 Å². The fourth-order valence-corrected chi connectivity index (χ4v) is 1.60. The van der Waals surface area contributed by atoms with Crippen LogP contribution in [0.4, 0.5) is 0 Å². The van der Waals surface area contributed by atoms with E-state index in [1.165, 1.54) is 0 Å². The summed E-state index contributed by atoms with van der Waals surface area (Å²) < 4.78 is 0. The molecule has 0 aromatic carbocycles. The van der Waals surface area contributed by atoms with Crippen LogP contribution < -0.4 is 0 Å². The van der Waals surface area contributed by atoms with E-state index in [-0.39, 0.29) is 0 Å². The van der Waals surface area contributed by atoms with Crippen LogP contribution in [-0.4, -0.2) is 0 Å². The molecule has 0 aliphatic heterocycles. The molecule has 0 heterocycles. The van der Waals surface area contributed by atoms with E-state index in [1.807, 2.05) is 48.1 Å². The zero-order chi connectivity index (χ0) is 13.6. The lowest BCUT2D eigenvalue weighted by atomic mass is 10.2. The molecule has 0 saturated heterocycles. The molecule has 0 spiro atoms. The standard InChI is InChI=1S/C17H20S/c1-5-9-11-17(8-4)13-15-18-14-12-16(7-3)10-6-2/h5-15H,1-3H2,4H3/b11-9-,14-12+,15-13+,16-10+,17-8+. The molecule has 0 atom stereocenters. The average molecular weight is 256 g/mol. The maximum atomic E-state index is 3.73. The molecule has 0 saturated carbocycles. The number of hydrogen-bond acceptors (Lipinski definition) is 1. The molecule has 0 bridgehead atoms. The molecular weight excluding hydrogens is 236 g/mol. The van der Waals surface area contributed by atoms with Crippen LogP contribution in [0.3, 0.4) is 0 Å². The third-order valence-electron chi connectivity index (χ3n) is 1.98. The van der Waals surface area contributed by atoms with Gasteiger partial charge in [-0.05, 0) is 41.0 Å². The van der Waals surface area contributed by atoms with Gasteiger partial charge in [0, 0.05) is 0 Å². The second-order valence-electron chi connectivity index (χ2n) is 3.23. The third kappa shape index (κ3) is 8.43. The Balaban J connectivity index is 4.33. The highest BCUT2D eigenvalue weighted by Crippen LogP contribution is 2.10. The van der Waals surface area contributed by atoms with Gasteiger partial charge in [0.05, 0.1) is 0 Å². The summed E-state index contributed by atoms with van der Waals surface area (Å²) in [6.45, 7) is 13.0. The third-order valence-corrected chi connectivity index (χ3v) is 2.57. The predicted octanol–water partition coefficient (Wildman–Crippen LogP) is 5.73. The molecule has 0 fully saturated rings. The van der Waals surface area contributed by atoms with Gasteiger partial charge in [-0.15, -0.1) is 11.8 Å². The largest absolute Gasteiger partial charge is 0.106 e. The van der Waals surface area contributed by atoms with Crippen molar-refractivity contribution in [1.29, 1.82) is 0 Å². The van der Waals surface area contributed by atoms with E-state index in [9.17, 15) is 0 Å². The second-order valence-corrected chi connectivity index (χ2v) is 4.05. The SMILES string of the molecule is C=C\C=C/C(/C=C/S/C=C/C(C=C)=C/C=C)=C\C. The Bertz CT molecular complexity index is 415. The van der Waals surface area contributed by atoms with Gasteiger partial charge in [-0.1, -0.05) is 62.3 Å². The Morgan fingerprint density at radius 3 is 2.06 bits per heavy atom. The van der Waals surface area contributed by atoms with Gasteiger partial charge in [0.1, 0.15) is 0 Å². The van der Waals surface area contributed by atoms with Crippen LogP contribution in [-0.2, 0) is 0 Å². The van der Waals surface area contributed by atoms with E-state index in [1.54, 1.807) is 30.0 Å². The molecule has 1 heteroatoms. The molecule has 0 unspecified atom stereocenters. The number of allylic oxidation sites excluding steroid dienone is 11. The highest BCUT2D eigenvalue weighted by atomic mass is 32.2. The minimum atomic E-state index is 1.05. The van der Waals surface area contributed by atoms with Gasteiger partial charge in [-0.2, -0.15) is 0 Å². The Labute approximate surface area is 115 Å². The summed E-state index contributed by atoms with van der Waals surface area (Å²) in [6, 6.07) is 0. The zero-order valence-corrected chi connectivity index (χ0v) is 11.7. The number of hydrogen-bond donors (Lipinski definition) is 0. The van der Waals surface area contributed by atoms with Crippen LogP contribution in [0, 0.1) is 0 Å². The maximum Gasteiger partial charge on any atom is -0.0242 e. The molecule has 0 nitrogen and oxygen atoms in total. The van der Waals surface area contributed by atoms with Crippen molar-refractivity contribution in [3.8, 4) is 0 Å². The van der Waals surface area contributed by atoms with Gasteiger partial charge in [0.25, 0.3) is 0 Å².